The Morgan fingerprint density at radius 2 is 2.00 bits per heavy atom. The molecule has 136 valence electrons. The number of carbonyl (C=O) groups is 1. The first-order valence-corrected chi connectivity index (χ1v) is 9.25. The molecule has 0 fully saturated rings. The first-order valence-electron chi connectivity index (χ1n) is 8.37. The predicted molar refractivity (Wildman–Crippen MR) is 105 cm³/mol. The number of thiazole rings is 1. The Bertz CT molecular complexity index is 1010. The van der Waals surface area contributed by atoms with Gasteiger partial charge in [0, 0.05) is 28.4 Å². The summed E-state index contributed by atoms with van der Waals surface area (Å²) in [4.78, 5) is 30.0. The monoisotopic (exact) mass is 370 g/mol. The number of amides is 1. The summed E-state index contributed by atoms with van der Waals surface area (Å²) in [5.41, 5.74) is 2.38. The Balaban J connectivity index is 1.82. The number of carbonyl (C=O) groups excluding carboxylic acids is 1. The largest absolute Gasteiger partial charge is 0.379 e. The van der Waals surface area contributed by atoms with E-state index in [0.717, 1.165) is 5.69 Å². The van der Waals surface area contributed by atoms with E-state index in [1.165, 1.54) is 17.4 Å². The summed E-state index contributed by atoms with van der Waals surface area (Å²) in [7, 11) is 0. The maximum Gasteiger partial charge on any atom is 0.259 e. The maximum absolute atomic E-state index is 12.5. The van der Waals surface area contributed by atoms with Crippen molar-refractivity contribution in [3.63, 3.8) is 0 Å². The molecule has 0 saturated carbocycles. The van der Waals surface area contributed by atoms with E-state index in [1.807, 2.05) is 51.3 Å². The fourth-order valence-electron chi connectivity index (χ4n) is 2.62. The highest BCUT2D eigenvalue weighted by Crippen LogP contribution is 2.18. The van der Waals surface area contributed by atoms with E-state index >= 15 is 0 Å². The first-order chi connectivity index (χ1) is 12.2. The zero-order valence-corrected chi connectivity index (χ0v) is 16.1. The second-order valence-electron chi connectivity index (χ2n) is 7.18. The van der Waals surface area contributed by atoms with E-state index in [4.69, 9.17) is 0 Å². The van der Waals surface area contributed by atoms with Crippen LogP contribution in [0.1, 0.15) is 42.5 Å². The molecule has 0 spiro atoms. The average molecular weight is 370 g/mol. The van der Waals surface area contributed by atoms with Gasteiger partial charge in [-0.3, -0.25) is 14.0 Å². The first kappa shape index (κ1) is 18.1. The van der Waals surface area contributed by atoms with Gasteiger partial charge in [-0.2, -0.15) is 0 Å². The predicted octanol–water partition coefficient (Wildman–Crippen LogP) is 3.20. The van der Waals surface area contributed by atoms with Gasteiger partial charge in [-0.25, -0.2) is 4.98 Å². The summed E-state index contributed by atoms with van der Waals surface area (Å²) in [5.74, 6) is -0.141. The van der Waals surface area contributed by atoms with Crippen LogP contribution < -0.4 is 16.2 Å². The third kappa shape index (κ3) is 3.94. The molecular formula is C19H22N4O2S. The van der Waals surface area contributed by atoms with Gasteiger partial charge in [-0.05, 0) is 39.8 Å². The van der Waals surface area contributed by atoms with Crippen molar-refractivity contribution in [3.05, 3.63) is 63.0 Å². The Hall–Kier alpha value is -2.67. The molecule has 0 saturated heterocycles. The number of rotatable bonds is 4. The summed E-state index contributed by atoms with van der Waals surface area (Å²) in [6.07, 6.45) is 0. The zero-order valence-electron chi connectivity index (χ0n) is 15.3. The van der Waals surface area contributed by atoms with Crippen LogP contribution in [0.15, 0.2) is 40.5 Å². The van der Waals surface area contributed by atoms with Crippen LogP contribution in [0, 0.1) is 6.92 Å². The number of aryl methyl sites for hydroxylation is 1. The minimum absolute atomic E-state index is 0.0932. The van der Waals surface area contributed by atoms with E-state index < -0.39 is 0 Å². The van der Waals surface area contributed by atoms with Gasteiger partial charge in [0.25, 0.3) is 11.5 Å². The number of nitrogens with one attached hydrogen (secondary N) is 2. The van der Waals surface area contributed by atoms with E-state index in [9.17, 15) is 9.59 Å². The van der Waals surface area contributed by atoms with Crippen LogP contribution in [-0.4, -0.2) is 20.8 Å². The van der Waals surface area contributed by atoms with Gasteiger partial charge in [0.2, 0.25) is 0 Å². The molecule has 2 heterocycles. The highest BCUT2D eigenvalue weighted by atomic mass is 32.1. The number of benzene rings is 1. The third-order valence-electron chi connectivity index (χ3n) is 3.75. The molecule has 0 radical (unpaired) electrons. The number of para-hydroxylation sites is 1. The Labute approximate surface area is 155 Å². The molecule has 0 aliphatic rings. The Kier molecular flexibility index (Phi) is 4.82. The molecule has 2 aromatic heterocycles. The fourth-order valence-corrected chi connectivity index (χ4v) is 3.51. The van der Waals surface area contributed by atoms with Crippen molar-refractivity contribution in [2.45, 2.75) is 39.8 Å². The van der Waals surface area contributed by atoms with Crippen molar-refractivity contribution < 1.29 is 4.79 Å². The lowest BCUT2D eigenvalue weighted by molar-refractivity contribution is 0.0920. The molecule has 0 unspecified atom stereocenters. The quantitative estimate of drug-likeness (QED) is 0.739. The van der Waals surface area contributed by atoms with Crippen LogP contribution in [0.4, 0.5) is 5.69 Å². The van der Waals surface area contributed by atoms with Crippen LogP contribution in [0.25, 0.3) is 4.96 Å². The average Bonchev–Trinajstić information content (AvgIpc) is 2.93. The summed E-state index contributed by atoms with van der Waals surface area (Å²) in [6, 6.07) is 8.84. The van der Waals surface area contributed by atoms with Crippen LogP contribution in [-0.2, 0) is 6.54 Å². The van der Waals surface area contributed by atoms with E-state index in [0.29, 0.717) is 28.5 Å². The summed E-state index contributed by atoms with van der Waals surface area (Å²) < 4.78 is 1.60. The van der Waals surface area contributed by atoms with Crippen LogP contribution in [0.3, 0.4) is 0 Å². The van der Waals surface area contributed by atoms with Crippen molar-refractivity contribution in [1.82, 2.24) is 14.7 Å². The van der Waals surface area contributed by atoms with Gasteiger partial charge in [-0.15, -0.1) is 11.3 Å². The smallest absolute Gasteiger partial charge is 0.259 e. The second kappa shape index (κ2) is 6.92. The van der Waals surface area contributed by atoms with Crippen molar-refractivity contribution in [2.24, 2.45) is 0 Å². The number of hydrogen-bond donors (Lipinski definition) is 2. The minimum atomic E-state index is -0.317. The molecule has 3 rings (SSSR count). The van der Waals surface area contributed by atoms with Gasteiger partial charge in [0.05, 0.1) is 17.8 Å². The van der Waals surface area contributed by atoms with Gasteiger partial charge in [0.1, 0.15) is 0 Å². The lowest BCUT2D eigenvalue weighted by atomic mass is 10.1. The van der Waals surface area contributed by atoms with E-state index in [2.05, 4.69) is 15.6 Å². The fraction of sp³-hybridized carbons (Fsp3) is 0.316. The number of hydrogen-bond acceptors (Lipinski definition) is 5. The van der Waals surface area contributed by atoms with E-state index in [-0.39, 0.29) is 17.0 Å². The molecule has 6 nitrogen and oxygen atoms in total. The summed E-state index contributed by atoms with van der Waals surface area (Å²) in [5, 5.41) is 8.10. The second-order valence-corrected chi connectivity index (χ2v) is 8.02. The number of anilines is 1. The molecule has 0 bridgehead atoms. The van der Waals surface area contributed by atoms with Crippen molar-refractivity contribution in [3.8, 4) is 0 Å². The van der Waals surface area contributed by atoms with Crippen molar-refractivity contribution >= 4 is 27.9 Å². The molecule has 1 amide bonds. The summed E-state index contributed by atoms with van der Waals surface area (Å²) in [6.45, 7) is 8.07. The molecule has 7 heteroatoms. The lowest BCUT2D eigenvalue weighted by Crippen LogP contribution is -2.40. The highest BCUT2D eigenvalue weighted by Gasteiger charge is 2.17. The topological polar surface area (TPSA) is 75.5 Å². The molecule has 0 atom stereocenters. The van der Waals surface area contributed by atoms with Crippen LogP contribution >= 0.6 is 11.3 Å². The highest BCUT2D eigenvalue weighted by molar-refractivity contribution is 7.15. The number of fused-ring (bicyclic) bond motifs is 1. The molecule has 0 aliphatic heterocycles. The van der Waals surface area contributed by atoms with Gasteiger partial charge < -0.3 is 10.6 Å². The lowest BCUT2D eigenvalue weighted by Gasteiger charge is -2.21. The zero-order chi connectivity index (χ0) is 18.9. The molecule has 3 aromatic rings. The van der Waals surface area contributed by atoms with Crippen molar-refractivity contribution in [1.29, 1.82) is 0 Å². The molecule has 0 aliphatic carbocycles. The molecule has 26 heavy (non-hydrogen) atoms. The Morgan fingerprint density at radius 3 is 2.73 bits per heavy atom. The Morgan fingerprint density at radius 1 is 1.27 bits per heavy atom. The summed E-state index contributed by atoms with van der Waals surface area (Å²) >= 11 is 1.44. The van der Waals surface area contributed by atoms with Crippen molar-refractivity contribution in [2.75, 3.05) is 5.32 Å². The van der Waals surface area contributed by atoms with Gasteiger partial charge in [0.15, 0.2) is 4.96 Å². The minimum Gasteiger partial charge on any atom is -0.379 e. The number of aromatic nitrogens is 2. The third-order valence-corrected chi connectivity index (χ3v) is 4.69. The van der Waals surface area contributed by atoms with Gasteiger partial charge >= 0.3 is 0 Å². The van der Waals surface area contributed by atoms with E-state index in [1.54, 1.807) is 10.5 Å². The molecular weight excluding hydrogens is 348 g/mol. The SMILES string of the molecule is Cc1csc2nc(CNc3ccccc3C(=O)NC(C)(C)C)cc(=O)n12. The number of nitrogens with zero attached hydrogens (tertiary/aromatic N) is 2. The molecule has 1 aromatic carbocycles. The van der Waals surface area contributed by atoms with Gasteiger partial charge in [-0.1, -0.05) is 12.1 Å². The standard InChI is InChI=1S/C19H22N4O2S/c1-12-11-26-18-21-13(9-16(24)23(12)18)10-20-15-8-6-5-7-14(15)17(25)22-19(2,3)4/h5-9,11,20H,10H2,1-4H3,(H,22,25). The van der Waals surface area contributed by atoms with Crippen LogP contribution in [0.5, 0.6) is 0 Å². The van der Waals surface area contributed by atoms with Crippen LogP contribution in [0.2, 0.25) is 0 Å². The maximum atomic E-state index is 12.5. The molecule has 2 N–H and O–H groups in total. The normalized spacial score (nSPS) is 11.5.